The Hall–Kier alpha value is -2.16. The molecule has 0 amide bonds. The van der Waals surface area contributed by atoms with Crippen molar-refractivity contribution in [3.05, 3.63) is 54.6 Å². The van der Waals surface area contributed by atoms with E-state index in [2.05, 4.69) is 20.6 Å². The molecule has 0 radical (unpaired) electrons. The van der Waals surface area contributed by atoms with Crippen molar-refractivity contribution in [2.24, 2.45) is 0 Å². The van der Waals surface area contributed by atoms with Gasteiger partial charge in [-0.05, 0) is 31.2 Å². The fraction of sp³-hybridized carbons (Fsp3) is 0.0769. The van der Waals surface area contributed by atoms with Crippen molar-refractivity contribution in [2.45, 2.75) is 6.92 Å². The third-order valence-electron chi connectivity index (χ3n) is 2.63. The van der Waals surface area contributed by atoms with Crippen LogP contribution in [-0.4, -0.2) is 14.5 Å². The van der Waals surface area contributed by atoms with E-state index in [1.54, 1.807) is 6.20 Å². The molecule has 2 heterocycles. The second-order valence-electron chi connectivity index (χ2n) is 3.69. The van der Waals surface area contributed by atoms with Crippen molar-refractivity contribution >= 4 is 11.0 Å². The van der Waals surface area contributed by atoms with Crippen molar-refractivity contribution < 1.29 is 0 Å². The molecule has 3 nitrogen and oxygen atoms in total. The number of benzene rings is 1. The first kappa shape index (κ1) is 9.09. The molecule has 0 saturated heterocycles. The highest BCUT2D eigenvalue weighted by Crippen LogP contribution is 2.19. The second-order valence-corrected chi connectivity index (χ2v) is 3.69. The minimum absolute atomic E-state index is 0.981. The van der Waals surface area contributed by atoms with E-state index >= 15 is 0 Å². The van der Waals surface area contributed by atoms with Crippen LogP contribution in [0, 0.1) is 6.92 Å². The van der Waals surface area contributed by atoms with Crippen LogP contribution >= 0.6 is 0 Å². The molecular weight excluding hydrogens is 198 g/mol. The first-order valence-corrected chi connectivity index (χ1v) is 5.21. The average molecular weight is 209 g/mol. The summed E-state index contributed by atoms with van der Waals surface area (Å²) in [5.41, 5.74) is 3.19. The number of aromatic nitrogens is 3. The standard InChI is InChI=1S/C13H11N3/c1-10-15-12-6-2-3-7-13(12)16(10)11-5-4-8-14-9-11/h2-9H,1H3. The monoisotopic (exact) mass is 209 g/mol. The van der Waals surface area contributed by atoms with Crippen LogP contribution in [0.3, 0.4) is 0 Å². The average Bonchev–Trinajstić information content (AvgIpc) is 2.66. The molecule has 0 unspecified atom stereocenters. The fourth-order valence-corrected chi connectivity index (χ4v) is 1.96. The fourth-order valence-electron chi connectivity index (χ4n) is 1.96. The maximum Gasteiger partial charge on any atom is 0.111 e. The lowest BCUT2D eigenvalue weighted by atomic mass is 10.3. The number of pyridine rings is 1. The van der Waals surface area contributed by atoms with E-state index in [0.29, 0.717) is 0 Å². The van der Waals surface area contributed by atoms with Gasteiger partial charge in [0.2, 0.25) is 0 Å². The molecule has 3 aromatic rings. The Bertz CT molecular complexity index is 626. The van der Waals surface area contributed by atoms with E-state index in [9.17, 15) is 0 Å². The van der Waals surface area contributed by atoms with Gasteiger partial charge in [0.1, 0.15) is 5.82 Å². The van der Waals surface area contributed by atoms with Gasteiger partial charge in [-0.1, -0.05) is 12.1 Å². The van der Waals surface area contributed by atoms with E-state index in [1.165, 1.54) is 0 Å². The van der Waals surface area contributed by atoms with Gasteiger partial charge in [-0.2, -0.15) is 0 Å². The van der Waals surface area contributed by atoms with Gasteiger partial charge in [-0.15, -0.1) is 0 Å². The van der Waals surface area contributed by atoms with E-state index in [-0.39, 0.29) is 0 Å². The molecule has 0 saturated carbocycles. The quantitative estimate of drug-likeness (QED) is 0.617. The first-order chi connectivity index (χ1) is 7.86. The summed E-state index contributed by atoms with van der Waals surface area (Å²) in [5.74, 6) is 0.981. The van der Waals surface area contributed by atoms with Crippen LogP contribution in [0.5, 0.6) is 0 Å². The summed E-state index contributed by atoms with van der Waals surface area (Å²) in [7, 11) is 0. The lowest BCUT2D eigenvalue weighted by Gasteiger charge is -2.05. The molecule has 0 aliphatic rings. The largest absolute Gasteiger partial charge is 0.295 e. The zero-order chi connectivity index (χ0) is 11.0. The van der Waals surface area contributed by atoms with Gasteiger partial charge in [-0.25, -0.2) is 4.98 Å². The van der Waals surface area contributed by atoms with Gasteiger partial charge >= 0.3 is 0 Å². The Kier molecular flexibility index (Phi) is 1.96. The van der Waals surface area contributed by atoms with Gasteiger partial charge in [0, 0.05) is 6.20 Å². The summed E-state index contributed by atoms with van der Waals surface area (Å²) >= 11 is 0. The van der Waals surface area contributed by atoms with Gasteiger partial charge in [0.15, 0.2) is 0 Å². The van der Waals surface area contributed by atoms with Gasteiger partial charge < -0.3 is 0 Å². The molecule has 3 rings (SSSR count). The zero-order valence-corrected chi connectivity index (χ0v) is 8.96. The van der Waals surface area contributed by atoms with E-state index in [4.69, 9.17) is 0 Å². The molecule has 16 heavy (non-hydrogen) atoms. The molecule has 78 valence electrons. The van der Waals surface area contributed by atoms with Crippen LogP contribution < -0.4 is 0 Å². The van der Waals surface area contributed by atoms with Crippen molar-refractivity contribution in [3.63, 3.8) is 0 Å². The molecule has 0 spiro atoms. The lowest BCUT2D eigenvalue weighted by Crippen LogP contribution is -1.96. The summed E-state index contributed by atoms with van der Waals surface area (Å²) in [6, 6.07) is 12.1. The SMILES string of the molecule is Cc1nc2ccccc2n1-c1cccnc1. The van der Waals surface area contributed by atoms with Crippen LogP contribution in [0.2, 0.25) is 0 Å². The molecule has 0 aliphatic heterocycles. The lowest BCUT2D eigenvalue weighted by molar-refractivity contribution is 0.990. The van der Waals surface area contributed by atoms with Crippen LogP contribution in [-0.2, 0) is 0 Å². The minimum atomic E-state index is 0.981. The summed E-state index contributed by atoms with van der Waals surface area (Å²) in [6.07, 6.45) is 3.62. The number of hydrogen-bond donors (Lipinski definition) is 0. The predicted octanol–water partition coefficient (Wildman–Crippen LogP) is 2.73. The number of imidazole rings is 1. The van der Waals surface area contributed by atoms with Crippen LogP contribution in [0.15, 0.2) is 48.8 Å². The van der Waals surface area contributed by atoms with Gasteiger partial charge in [0.25, 0.3) is 0 Å². The van der Waals surface area contributed by atoms with Crippen molar-refractivity contribution in [1.82, 2.24) is 14.5 Å². The summed E-state index contributed by atoms with van der Waals surface area (Å²) in [4.78, 5) is 8.66. The number of para-hydroxylation sites is 2. The number of aryl methyl sites for hydroxylation is 1. The Labute approximate surface area is 93.4 Å². The van der Waals surface area contributed by atoms with Gasteiger partial charge in [-0.3, -0.25) is 9.55 Å². The normalized spacial score (nSPS) is 10.8. The Morgan fingerprint density at radius 3 is 2.75 bits per heavy atom. The highest BCUT2D eigenvalue weighted by Gasteiger charge is 2.07. The molecule has 0 bridgehead atoms. The Morgan fingerprint density at radius 2 is 1.94 bits per heavy atom. The molecule has 2 aromatic heterocycles. The van der Waals surface area contributed by atoms with Crippen LogP contribution in [0.1, 0.15) is 5.82 Å². The maximum absolute atomic E-state index is 4.52. The second kappa shape index (κ2) is 3.45. The number of rotatable bonds is 1. The highest BCUT2D eigenvalue weighted by atomic mass is 15.1. The molecule has 3 heteroatoms. The predicted molar refractivity (Wildman–Crippen MR) is 63.6 cm³/mol. The molecule has 0 fully saturated rings. The minimum Gasteiger partial charge on any atom is -0.295 e. The molecule has 0 N–H and O–H groups in total. The van der Waals surface area contributed by atoms with Crippen molar-refractivity contribution in [2.75, 3.05) is 0 Å². The number of fused-ring (bicyclic) bond motifs is 1. The number of nitrogens with zero attached hydrogens (tertiary/aromatic N) is 3. The van der Waals surface area contributed by atoms with Crippen LogP contribution in [0.4, 0.5) is 0 Å². The summed E-state index contributed by atoms with van der Waals surface area (Å²) < 4.78 is 2.11. The van der Waals surface area contributed by atoms with Crippen molar-refractivity contribution in [1.29, 1.82) is 0 Å². The smallest absolute Gasteiger partial charge is 0.111 e. The Balaban J connectivity index is 2.35. The maximum atomic E-state index is 4.52. The van der Waals surface area contributed by atoms with E-state index < -0.39 is 0 Å². The van der Waals surface area contributed by atoms with Crippen molar-refractivity contribution in [3.8, 4) is 5.69 Å². The summed E-state index contributed by atoms with van der Waals surface area (Å²) in [6.45, 7) is 2.01. The zero-order valence-electron chi connectivity index (χ0n) is 8.96. The first-order valence-electron chi connectivity index (χ1n) is 5.21. The summed E-state index contributed by atoms with van der Waals surface area (Å²) in [5, 5.41) is 0. The Morgan fingerprint density at radius 1 is 1.06 bits per heavy atom. The highest BCUT2D eigenvalue weighted by molar-refractivity contribution is 5.78. The van der Waals surface area contributed by atoms with E-state index in [1.807, 2.05) is 43.5 Å². The van der Waals surface area contributed by atoms with Crippen LogP contribution in [0.25, 0.3) is 16.7 Å². The van der Waals surface area contributed by atoms with E-state index in [0.717, 1.165) is 22.5 Å². The number of hydrogen-bond acceptors (Lipinski definition) is 2. The molecule has 1 aromatic carbocycles. The van der Waals surface area contributed by atoms with Gasteiger partial charge in [0.05, 0.1) is 22.9 Å². The topological polar surface area (TPSA) is 30.7 Å². The third kappa shape index (κ3) is 1.29. The third-order valence-corrected chi connectivity index (χ3v) is 2.63. The molecule has 0 atom stereocenters. The molecule has 0 aliphatic carbocycles. The molecular formula is C13H11N3.